The summed E-state index contributed by atoms with van der Waals surface area (Å²) >= 11 is 0. The van der Waals surface area contributed by atoms with Crippen LogP contribution in [0.15, 0.2) is 140 Å². The van der Waals surface area contributed by atoms with E-state index in [9.17, 15) is 0 Å². The zero-order chi connectivity index (χ0) is 36.3. The van der Waals surface area contributed by atoms with E-state index in [1.165, 1.54) is 32.7 Å². The van der Waals surface area contributed by atoms with E-state index in [1.807, 2.05) is 36.4 Å². The van der Waals surface area contributed by atoms with Crippen molar-refractivity contribution in [3.8, 4) is 34.4 Å². The second kappa shape index (κ2) is 11.0. The van der Waals surface area contributed by atoms with Crippen molar-refractivity contribution in [3.63, 3.8) is 0 Å². The van der Waals surface area contributed by atoms with E-state index in [-0.39, 0.29) is 16.2 Å². The van der Waals surface area contributed by atoms with Gasteiger partial charge >= 0.3 is 0 Å². The Hall–Kier alpha value is -6.07. The van der Waals surface area contributed by atoms with E-state index < -0.39 is 0 Å². The van der Waals surface area contributed by atoms with Crippen LogP contribution >= 0.6 is 0 Å². The van der Waals surface area contributed by atoms with Gasteiger partial charge in [0.05, 0.1) is 22.1 Å². The Balaban J connectivity index is 1.45. The van der Waals surface area contributed by atoms with Gasteiger partial charge in [-0.1, -0.05) is 157 Å². The fraction of sp³-hybridized carbons (Fsp3) is 0.188. The van der Waals surface area contributed by atoms with Crippen molar-refractivity contribution in [2.75, 3.05) is 0 Å². The maximum Gasteiger partial charge on any atom is 0.238 e. The topological polar surface area (TPSA) is 48.5 Å². The van der Waals surface area contributed by atoms with Crippen LogP contribution in [0.25, 0.3) is 78.0 Å². The second-order valence-electron chi connectivity index (χ2n) is 16.2. The van der Waals surface area contributed by atoms with E-state index in [1.54, 1.807) is 0 Å². The highest BCUT2D eigenvalue weighted by Crippen LogP contribution is 2.63. The summed E-state index contributed by atoms with van der Waals surface area (Å²) in [6.07, 6.45) is 0. The minimum Gasteiger partial charge on any atom is -0.307 e. The van der Waals surface area contributed by atoms with Crippen LogP contribution in [0, 0.1) is 5.41 Å². The lowest BCUT2D eigenvalue weighted by Crippen LogP contribution is -2.42. The second-order valence-corrected chi connectivity index (χ2v) is 16.2. The predicted molar refractivity (Wildman–Crippen MR) is 219 cm³/mol. The van der Waals surface area contributed by atoms with Crippen LogP contribution in [-0.2, 0) is 10.8 Å². The number of fused-ring (bicyclic) bond motifs is 9. The number of nitrogens with zero attached hydrogens (tertiary/aromatic N) is 5. The molecular weight excluding hydrogens is 647 g/mol. The van der Waals surface area contributed by atoms with Gasteiger partial charge in [-0.05, 0) is 51.6 Å². The lowest BCUT2D eigenvalue weighted by atomic mass is 9.59. The molecule has 9 aromatic rings. The number of benzene rings is 6. The van der Waals surface area contributed by atoms with Gasteiger partial charge in [0.15, 0.2) is 11.6 Å². The van der Waals surface area contributed by atoms with Crippen LogP contribution in [0.5, 0.6) is 0 Å². The minimum absolute atomic E-state index is 0.0117. The van der Waals surface area contributed by atoms with Gasteiger partial charge in [-0.15, -0.1) is 0 Å². The monoisotopic (exact) mass is 687 g/mol. The van der Waals surface area contributed by atoms with Crippen molar-refractivity contribution in [2.24, 2.45) is 5.41 Å². The average molecular weight is 688 g/mol. The van der Waals surface area contributed by atoms with Crippen molar-refractivity contribution in [1.82, 2.24) is 24.1 Å². The molecule has 5 nitrogen and oxygen atoms in total. The van der Waals surface area contributed by atoms with E-state index in [4.69, 9.17) is 15.0 Å². The Morgan fingerprint density at radius 3 is 1.62 bits per heavy atom. The molecule has 6 aromatic carbocycles. The molecule has 0 atom stereocenters. The van der Waals surface area contributed by atoms with Crippen molar-refractivity contribution in [2.45, 2.75) is 52.4 Å². The molecule has 0 amide bonds. The first-order chi connectivity index (χ1) is 25.6. The molecule has 0 radical (unpaired) electrons. The highest BCUT2D eigenvalue weighted by molar-refractivity contribution is 6.24. The van der Waals surface area contributed by atoms with Gasteiger partial charge in [0.1, 0.15) is 0 Å². The van der Waals surface area contributed by atoms with Crippen molar-refractivity contribution >= 4 is 43.6 Å². The van der Waals surface area contributed by atoms with Crippen LogP contribution in [0.3, 0.4) is 0 Å². The first-order valence-corrected chi connectivity index (χ1v) is 18.6. The molecule has 258 valence electrons. The predicted octanol–water partition coefficient (Wildman–Crippen LogP) is 12.0. The molecule has 5 heteroatoms. The summed E-state index contributed by atoms with van der Waals surface area (Å²) in [5.74, 6) is 1.89. The summed E-state index contributed by atoms with van der Waals surface area (Å²) in [6, 6.07) is 49.4. The normalized spacial score (nSPS) is 15.8. The molecule has 1 aliphatic carbocycles. The van der Waals surface area contributed by atoms with Crippen LogP contribution in [0.4, 0.5) is 0 Å². The van der Waals surface area contributed by atoms with Gasteiger partial charge in [-0.2, -0.15) is 9.97 Å². The highest BCUT2D eigenvalue weighted by Gasteiger charge is 2.57. The van der Waals surface area contributed by atoms with E-state index in [0.717, 1.165) is 38.9 Å². The average Bonchev–Trinajstić information content (AvgIpc) is 3.74. The van der Waals surface area contributed by atoms with Crippen molar-refractivity contribution in [1.29, 1.82) is 0 Å². The number of para-hydroxylation sites is 2. The Morgan fingerprint density at radius 1 is 0.434 bits per heavy atom. The molecule has 3 aromatic heterocycles. The Labute approximate surface area is 309 Å². The van der Waals surface area contributed by atoms with Gasteiger partial charge in [0.2, 0.25) is 5.95 Å². The zero-order valence-electron chi connectivity index (χ0n) is 31.0. The molecule has 3 heterocycles. The Bertz CT molecular complexity index is 2840. The van der Waals surface area contributed by atoms with E-state index in [0.29, 0.717) is 17.6 Å². The number of aromatic nitrogens is 5. The Kier molecular flexibility index (Phi) is 6.55. The SMILES string of the molecule is CC1(C)c2ccc3c(c2C(C)(C)C1(C)C)c1ccc2c4ccccc4n(-c4ccccc4)c2c1n3-c1nc(-c2ccccc2)nc(-c2ccccc2)n1. The van der Waals surface area contributed by atoms with Gasteiger partial charge in [-0.3, -0.25) is 4.57 Å². The third kappa shape index (κ3) is 4.22. The molecule has 1 aliphatic rings. The molecule has 0 saturated carbocycles. The molecule has 10 rings (SSSR count). The van der Waals surface area contributed by atoms with Crippen LogP contribution in [0.1, 0.15) is 52.7 Å². The van der Waals surface area contributed by atoms with Gasteiger partial charge in [0, 0.05) is 38.4 Å². The molecule has 0 aliphatic heterocycles. The largest absolute Gasteiger partial charge is 0.307 e. The molecule has 0 bridgehead atoms. The number of hydrogen-bond acceptors (Lipinski definition) is 3. The molecule has 53 heavy (non-hydrogen) atoms. The molecule has 0 unspecified atom stereocenters. The summed E-state index contributed by atoms with van der Waals surface area (Å²) in [4.78, 5) is 15.8. The molecule has 0 spiro atoms. The van der Waals surface area contributed by atoms with Crippen molar-refractivity contribution in [3.05, 3.63) is 151 Å². The maximum atomic E-state index is 5.35. The fourth-order valence-electron chi connectivity index (χ4n) is 9.19. The maximum absolute atomic E-state index is 5.35. The quantitative estimate of drug-likeness (QED) is 0.185. The molecule has 0 N–H and O–H groups in total. The van der Waals surface area contributed by atoms with Gasteiger partial charge in [0.25, 0.3) is 0 Å². The number of hydrogen-bond donors (Lipinski definition) is 0. The molecule has 0 saturated heterocycles. The summed E-state index contributed by atoms with van der Waals surface area (Å²) in [6.45, 7) is 14.6. The zero-order valence-corrected chi connectivity index (χ0v) is 31.0. The molecule has 0 fully saturated rings. The third-order valence-electron chi connectivity index (χ3n) is 13.1. The van der Waals surface area contributed by atoms with Crippen LogP contribution in [0.2, 0.25) is 0 Å². The van der Waals surface area contributed by atoms with E-state index >= 15 is 0 Å². The summed E-state index contributed by atoms with van der Waals surface area (Å²) in [5, 5.41) is 4.88. The summed E-state index contributed by atoms with van der Waals surface area (Å²) < 4.78 is 4.76. The van der Waals surface area contributed by atoms with Crippen LogP contribution in [-0.4, -0.2) is 24.1 Å². The summed E-state index contributed by atoms with van der Waals surface area (Å²) in [5.41, 5.74) is 10.1. The van der Waals surface area contributed by atoms with Gasteiger partial charge in [-0.25, -0.2) is 4.98 Å². The first kappa shape index (κ1) is 31.6. The summed E-state index contributed by atoms with van der Waals surface area (Å²) in [7, 11) is 0. The lowest BCUT2D eigenvalue weighted by molar-refractivity contribution is 0.125. The first-order valence-electron chi connectivity index (χ1n) is 18.6. The smallest absolute Gasteiger partial charge is 0.238 e. The van der Waals surface area contributed by atoms with Crippen molar-refractivity contribution < 1.29 is 0 Å². The minimum atomic E-state index is -0.130. The number of rotatable bonds is 4. The van der Waals surface area contributed by atoms with Crippen LogP contribution < -0.4 is 0 Å². The van der Waals surface area contributed by atoms with Gasteiger partial charge < -0.3 is 4.57 Å². The highest BCUT2D eigenvalue weighted by atomic mass is 15.2. The van der Waals surface area contributed by atoms with E-state index in [2.05, 4.69) is 154 Å². The molecular formula is C48H41N5. The fourth-order valence-corrected chi connectivity index (χ4v) is 9.19. The standard InChI is InChI=1S/C48H41N5/c1-46(2)36-28-29-38-39(40(36)47(3,4)48(46,5)6)35-27-26-34-33-24-16-17-25-37(33)52(32-22-14-9-15-23-32)41(34)42(35)53(38)45-50-43(30-18-10-7-11-19-30)49-44(51-45)31-20-12-8-13-21-31/h7-29H,1-6H3. The Morgan fingerprint density at radius 2 is 0.981 bits per heavy atom. The lowest BCUT2D eigenvalue weighted by Gasteiger charge is -2.44. The third-order valence-corrected chi connectivity index (χ3v) is 13.1.